The number of carbonyl (C=O) groups is 2. The molecule has 1 atom stereocenters. The number of carboxylic acids is 1. The number of carboxylic acid groups (broad SMARTS) is 1. The van der Waals surface area contributed by atoms with Gasteiger partial charge in [0.25, 0.3) is 0 Å². The Balaban J connectivity index is 2.34. The van der Waals surface area contributed by atoms with Crippen LogP contribution in [-0.4, -0.2) is 36.7 Å². The van der Waals surface area contributed by atoms with E-state index in [2.05, 4.69) is 5.32 Å². The average molecular weight is 266 g/mol. The Kier molecular flexibility index (Phi) is 5.81. The number of carbonyl (C=O) groups excluding carboxylic acids is 1. The third kappa shape index (κ3) is 5.39. The summed E-state index contributed by atoms with van der Waals surface area (Å²) in [6.07, 6.45) is -0.183. The number of hydrogen-bond acceptors (Lipinski definition) is 4. The monoisotopic (exact) mass is 266 g/mol. The number of nitrogen functional groups attached to an aromatic ring is 1. The topological polar surface area (TPSA) is 102 Å². The maximum absolute atomic E-state index is 11.6. The van der Waals surface area contributed by atoms with Crippen molar-refractivity contribution in [1.29, 1.82) is 0 Å². The molecule has 1 rings (SSSR count). The molecule has 0 aromatic heterocycles. The number of amides is 1. The number of aliphatic carboxylic acids is 1. The van der Waals surface area contributed by atoms with Crippen LogP contribution < -0.4 is 11.1 Å². The minimum atomic E-state index is -1.10. The van der Waals surface area contributed by atoms with Crippen molar-refractivity contribution in [3.63, 3.8) is 0 Å². The summed E-state index contributed by atoms with van der Waals surface area (Å²) in [4.78, 5) is 22.2. The van der Waals surface area contributed by atoms with Gasteiger partial charge in [0.15, 0.2) is 6.10 Å². The number of rotatable bonds is 7. The number of anilines is 1. The van der Waals surface area contributed by atoms with Crippen molar-refractivity contribution < 1.29 is 19.4 Å². The molecule has 0 spiro atoms. The summed E-state index contributed by atoms with van der Waals surface area (Å²) in [5.74, 6) is -1.32. The van der Waals surface area contributed by atoms with E-state index in [1.165, 1.54) is 7.11 Å². The van der Waals surface area contributed by atoms with Crippen molar-refractivity contribution >= 4 is 17.6 Å². The molecule has 0 heterocycles. The van der Waals surface area contributed by atoms with E-state index in [1.54, 1.807) is 6.07 Å². The molecule has 0 fully saturated rings. The molecule has 0 aliphatic carbocycles. The number of aryl methyl sites for hydroxylation is 1. The van der Waals surface area contributed by atoms with Crippen LogP contribution in [0.5, 0.6) is 0 Å². The summed E-state index contributed by atoms with van der Waals surface area (Å²) in [7, 11) is 1.29. The number of benzene rings is 1. The van der Waals surface area contributed by atoms with Crippen LogP contribution >= 0.6 is 0 Å². The number of hydrogen-bond donors (Lipinski definition) is 3. The van der Waals surface area contributed by atoms with Crippen molar-refractivity contribution in [2.45, 2.75) is 18.9 Å². The number of ether oxygens (including phenoxy) is 1. The lowest BCUT2D eigenvalue weighted by atomic mass is 10.1. The van der Waals surface area contributed by atoms with E-state index in [-0.39, 0.29) is 18.9 Å². The zero-order valence-corrected chi connectivity index (χ0v) is 10.8. The van der Waals surface area contributed by atoms with Gasteiger partial charge in [-0.1, -0.05) is 12.1 Å². The van der Waals surface area contributed by atoms with Gasteiger partial charge < -0.3 is 20.9 Å². The molecule has 0 saturated carbocycles. The third-order valence-electron chi connectivity index (χ3n) is 2.64. The van der Waals surface area contributed by atoms with E-state index >= 15 is 0 Å². The van der Waals surface area contributed by atoms with Crippen LogP contribution in [0.15, 0.2) is 24.3 Å². The zero-order valence-electron chi connectivity index (χ0n) is 10.8. The molecule has 0 radical (unpaired) electrons. The molecule has 1 aromatic carbocycles. The van der Waals surface area contributed by atoms with Crippen molar-refractivity contribution in [2.24, 2.45) is 0 Å². The first kappa shape index (κ1) is 15.0. The van der Waals surface area contributed by atoms with Crippen LogP contribution in [0.3, 0.4) is 0 Å². The Labute approximate surface area is 111 Å². The molecule has 4 N–H and O–H groups in total. The van der Waals surface area contributed by atoms with Gasteiger partial charge in [0, 0.05) is 19.2 Å². The van der Waals surface area contributed by atoms with E-state index < -0.39 is 12.1 Å². The van der Waals surface area contributed by atoms with Gasteiger partial charge >= 0.3 is 5.97 Å². The van der Waals surface area contributed by atoms with Crippen LogP contribution in [0.1, 0.15) is 12.0 Å². The molecular formula is C13H18N2O4. The fraction of sp³-hybridized carbons (Fsp3) is 0.385. The molecule has 0 aliphatic rings. The first-order valence-corrected chi connectivity index (χ1v) is 5.89. The van der Waals surface area contributed by atoms with E-state index in [1.807, 2.05) is 18.2 Å². The minimum Gasteiger partial charge on any atom is -0.479 e. The Morgan fingerprint density at radius 3 is 2.79 bits per heavy atom. The lowest BCUT2D eigenvalue weighted by Crippen LogP contribution is -2.37. The van der Waals surface area contributed by atoms with Crippen molar-refractivity contribution in [1.82, 2.24) is 5.32 Å². The lowest BCUT2D eigenvalue weighted by molar-refractivity contribution is -0.148. The Morgan fingerprint density at radius 2 is 2.21 bits per heavy atom. The summed E-state index contributed by atoms with van der Waals surface area (Å²) < 4.78 is 4.71. The van der Waals surface area contributed by atoms with Gasteiger partial charge in [-0.15, -0.1) is 0 Å². The first-order valence-electron chi connectivity index (χ1n) is 5.89. The summed E-state index contributed by atoms with van der Waals surface area (Å²) in [5.41, 5.74) is 7.26. The van der Waals surface area contributed by atoms with E-state index in [0.717, 1.165) is 5.56 Å². The van der Waals surface area contributed by atoms with Crippen LogP contribution in [0.2, 0.25) is 0 Å². The lowest BCUT2D eigenvalue weighted by Gasteiger charge is -2.11. The molecule has 0 aliphatic heterocycles. The Hall–Kier alpha value is -2.08. The van der Waals surface area contributed by atoms with Crippen molar-refractivity contribution in [3.05, 3.63) is 29.8 Å². The fourth-order valence-corrected chi connectivity index (χ4v) is 1.57. The first-order chi connectivity index (χ1) is 9.02. The largest absolute Gasteiger partial charge is 0.479 e. The Morgan fingerprint density at radius 1 is 1.47 bits per heavy atom. The highest BCUT2D eigenvalue weighted by Gasteiger charge is 2.16. The summed E-state index contributed by atoms with van der Waals surface area (Å²) >= 11 is 0. The molecular weight excluding hydrogens is 248 g/mol. The Bertz CT molecular complexity index is 448. The second kappa shape index (κ2) is 7.38. The van der Waals surface area contributed by atoms with Crippen LogP contribution in [0.25, 0.3) is 0 Å². The van der Waals surface area contributed by atoms with Crippen molar-refractivity contribution in [2.75, 3.05) is 19.4 Å². The average Bonchev–Trinajstić information content (AvgIpc) is 2.37. The summed E-state index contributed by atoms with van der Waals surface area (Å²) in [6.45, 7) is -0.0401. The van der Waals surface area contributed by atoms with Crippen LogP contribution in [0.4, 0.5) is 5.69 Å². The molecule has 1 amide bonds. The number of methoxy groups -OCH3 is 1. The molecule has 19 heavy (non-hydrogen) atoms. The van der Waals surface area contributed by atoms with E-state index in [9.17, 15) is 9.59 Å². The van der Waals surface area contributed by atoms with Gasteiger partial charge in [-0.05, 0) is 24.1 Å². The van der Waals surface area contributed by atoms with Crippen LogP contribution in [0, 0.1) is 0 Å². The van der Waals surface area contributed by atoms with Gasteiger partial charge in [0.1, 0.15) is 0 Å². The number of nitrogens with two attached hydrogens (primary N) is 1. The fourth-order valence-electron chi connectivity index (χ4n) is 1.57. The SMILES string of the molecule is COC(CNC(=O)CCc1cccc(N)c1)C(=O)O. The molecule has 0 saturated heterocycles. The maximum atomic E-state index is 11.6. The quantitative estimate of drug-likeness (QED) is 0.621. The van der Waals surface area contributed by atoms with Crippen LogP contribution in [-0.2, 0) is 20.7 Å². The molecule has 1 aromatic rings. The zero-order chi connectivity index (χ0) is 14.3. The number of nitrogens with one attached hydrogen (secondary N) is 1. The smallest absolute Gasteiger partial charge is 0.334 e. The summed E-state index contributed by atoms with van der Waals surface area (Å²) in [5, 5.41) is 11.3. The maximum Gasteiger partial charge on any atom is 0.334 e. The normalized spacial score (nSPS) is 11.8. The highest BCUT2D eigenvalue weighted by molar-refractivity contribution is 5.78. The van der Waals surface area contributed by atoms with Crippen molar-refractivity contribution in [3.8, 4) is 0 Å². The van der Waals surface area contributed by atoms with Gasteiger partial charge in [-0.25, -0.2) is 4.79 Å². The molecule has 104 valence electrons. The second-order valence-corrected chi connectivity index (χ2v) is 4.11. The molecule has 0 bridgehead atoms. The molecule has 6 heteroatoms. The van der Waals surface area contributed by atoms with Gasteiger partial charge in [0.05, 0.1) is 6.54 Å². The highest BCUT2D eigenvalue weighted by Crippen LogP contribution is 2.08. The van der Waals surface area contributed by atoms with E-state index in [4.69, 9.17) is 15.6 Å². The van der Waals surface area contributed by atoms with Gasteiger partial charge in [0.2, 0.25) is 5.91 Å². The predicted octanol–water partition coefficient (Wildman–Crippen LogP) is 0.417. The van der Waals surface area contributed by atoms with Gasteiger partial charge in [-0.2, -0.15) is 0 Å². The standard InChI is InChI=1S/C13H18N2O4/c1-19-11(13(17)18)8-15-12(16)6-5-9-3-2-4-10(14)7-9/h2-4,7,11H,5-6,8,14H2,1H3,(H,15,16)(H,17,18). The minimum absolute atomic E-state index is 0.0401. The predicted molar refractivity (Wildman–Crippen MR) is 70.6 cm³/mol. The second-order valence-electron chi connectivity index (χ2n) is 4.11. The summed E-state index contributed by atoms with van der Waals surface area (Å²) in [6, 6.07) is 7.30. The highest BCUT2D eigenvalue weighted by atomic mass is 16.5. The molecule has 1 unspecified atom stereocenters. The van der Waals surface area contributed by atoms with Gasteiger partial charge in [-0.3, -0.25) is 4.79 Å². The third-order valence-corrected chi connectivity index (χ3v) is 2.64. The van der Waals surface area contributed by atoms with E-state index in [0.29, 0.717) is 12.1 Å². The molecule has 6 nitrogen and oxygen atoms in total.